The minimum absolute atomic E-state index is 0.0818. The molecule has 0 saturated heterocycles. The van der Waals surface area contributed by atoms with Gasteiger partial charge in [0.15, 0.2) is 0 Å². The van der Waals surface area contributed by atoms with Crippen molar-refractivity contribution in [3.8, 4) is 0 Å². The molecule has 0 aliphatic rings. The molecule has 0 saturated carbocycles. The van der Waals surface area contributed by atoms with Crippen LogP contribution in [0.4, 0.5) is 0 Å². The molecule has 2 atom stereocenters. The molecule has 50 valence electrons. The summed E-state index contributed by atoms with van der Waals surface area (Å²) in [6, 6.07) is 0. The Balaban J connectivity index is 3.71. The number of hydrogen-bond acceptors (Lipinski definition) is 0. The summed E-state index contributed by atoms with van der Waals surface area (Å²) >= 11 is 16.9. The standard InChI is InChI=1S/C5H9Cl3/c1-4(7)5(2,8)3-6/h4H,3H2,1-2H3. The Bertz CT molecular complexity index is 68.1. The Morgan fingerprint density at radius 1 is 1.62 bits per heavy atom. The predicted octanol–water partition coefficient (Wildman–Crippen LogP) is 2.85. The molecule has 0 rings (SSSR count). The largest absolute Gasteiger partial charge is 0.125 e. The number of alkyl halides is 3. The minimum atomic E-state index is -0.455. The highest BCUT2D eigenvalue weighted by Crippen LogP contribution is 2.24. The van der Waals surface area contributed by atoms with Gasteiger partial charge < -0.3 is 0 Å². The minimum Gasteiger partial charge on any atom is -0.125 e. The molecular formula is C5H9Cl3. The molecular weight excluding hydrogens is 166 g/mol. The van der Waals surface area contributed by atoms with Gasteiger partial charge in [0.05, 0.1) is 10.3 Å². The summed E-state index contributed by atoms with van der Waals surface area (Å²) in [5.41, 5.74) is 0. The van der Waals surface area contributed by atoms with E-state index in [9.17, 15) is 0 Å². The lowest BCUT2D eigenvalue weighted by molar-refractivity contribution is 0.687. The number of hydrogen-bond donors (Lipinski definition) is 0. The molecule has 0 nitrogen and oxygen atoms in total. The van der Waals surface area contributed by atoms with Crippen molar-refractivity contribution in [2.24, 2.45) is 0 Å². The summed E-state index contributed by atoms with van der Waals surface area (Å²) in [5.74, 6) is 0.388. The molecule has 2 unspecified atom stereocenters. The van der Waals surface area contributed by atoms with Crippen LogP contribution in [0.25, 0.3) is 0 Å². The van der Waals surface area contributed by atoms with E-state index in [-0.39, 0.29) is 5.38 Å². The van der Waals surface area contributed by atoms with Crippen LogP contribution in [0.15, 0.2) is 0 Å². The fourth-order valence-electron chi connectivity index (χ4n) is 0.106. The Morgan fingerprint density at radius 3 is 2.00 bits per heavy atom. The van der Waals surface area contributed by atoms with Crippen LogP contribution in [0, 0.1) is 0 Å². The van der Waals surface area contributed by atoms with Gasteiger partial charge in [-0.3, -0.25) is 0 Å². The molecule has 0 N–H and O–H groups in total. The predicted molar refractivity (Wildman–Crippen MR) is 40.3 cm³/mol. The Hall–Kier alpha value is 0.870. The maximum absolute atomic E-state index is 5.79. The zero-order chi connectivity index (χ0) is 6.78. The van der Waals surface area contributed by atoms with Crippen LogP contribution in [-0.4, -0.2) is 16.1 Å². The normalized spacial score (nSPS) is 22.1. The van der Waals surface area contributed by atoms with Gasteiger partial charge >= 0.3 is 0 Å². The summed E-state index contributed by atoms with van der Waals surface area (Å²) in [4.78, 5) is -0.455. The average Bonchev–Trinajstić information content (AvgIpc) is 1.67. The Labute approximate surface area is 65.1 Å². The Morgan fingerprint density at radius 2 is 2.00 bits per heavy atom. The third-order valence-corrected chi connectivity index (χ3v) is 2.84. The van der Waals surface area contributed by atoms with Crippen molar-refractivity contribution < 1.29 is 0 Å². The molecule has 0 aliphatic heterocycles. The zero-order valence-electron chi connectivity index (χ0n) is 4.92. The summed E-state index contributed by atoms with van der Waals surface area (Å²) in [5, 5.41) is -0.0818. The summed E-state index contributed by atoms with van der Waals surface area (Å²) in [6.45, 7) is 3.65. The molecule has 0 heterocycles. The Kier molecular flexibility index (Phi) is 3.49. The average molecular weight is 175 g/mol. The first-order valence-electron chi connectivity index (χ1n) is 2.39. The highest BCUT2D eigenvalue weighted by Gasteiger charge is 2.25. The molecule has 0 aliphatic carbocycles. The highest BCUT2D eigenvalue weighted by atomic mass is 35.5. The van der Waals surface area contributed by atoms with Crippen LogP contribution >= 0.6 is 34.8 Å². The highest BCUT2D eigenvalue weighted by molar-refractivity contribution is 6.36. The molecule has 0 aromatic carbocycles. The molecule has 0 spiro atoms. The molecule has 0 aromatic rings. The summed E-state index contributed by atoms with van der Waals surface area (Å²) in [6.07, 6.45) is 0. The van der Waals surface area contributed by atoms with E-state index in [0.29, 0.717) is 5.88 Å². The number of rotatable bonds is 2. The van der Waals surface area contributed by atoms with Crippen molar-refractivity contribution in [3.05, 3.63) is 0 Å². The molecule has 3 heteroatoms. The van der Waals surface area contributed by atoms with Crippen molar-refractivity contribution >= 4 is 34.8 Å². The van der Waals surface area contributed by atoms with Gasteiger partial charge in [-0.25, -0.2) is 0 Å². The van der Waals surface area contributed by atoms with Gasteiger partial charge in [0.1, 0.15) is 0 Å². The van der Waals surface area contributed by atoms with E-state index in [1.54, 1.807) is 0 Å². The quantitative estimate of drug-likeness (QED) is 0.566. The monoisotopic (exact) mass is 174 g/mol. The van der Waals surface area contributed by atoms with Gasteiger partial charge in [0.25, 0.3) is 0 Å². The van der Waals surface area contributed by atoms with Crippen LogP contribution in [0.2, 0.25) is 0 Å². The first-order valence-corrected chi connectivity index (χ1v) is 3.74. The van der Waals surface area contributed by atoms with Gasteiger partial charge in [0, 0.05) is 5.88 Å². The van der Waals surface area contributed by atoms with E-state index >= 15 is 0 Å². The smallest absolute Gasteiger partial charge is 0.0713 e. The second-order valence-corrected chi connectivity index (χ2v) is 3.81. The number of halogens is 3. The van der Waals surface area contributed by atoms with Gasteiger partial charge in [-0.05, 0) is 13.8 Å². The lowest BCUT2D eigenvalue weighted by Gasteiger charge is -2.20. The zero-order valence-corrected chi connectivity index (χ0v) is 7.19. The van der Waals surface area contributed by atoms with Crippen LogP contribution in [0.5, 0.6) is 0 Å². The van der Waals surface area contributed by atoms with Gasteiger partial charge in [0.2, 0.25) is 0 Å². The third-order valence-electron chi connectivity index (χ3n) is 1.09. The van der Waals surface area contributed by atoms with Crippen LogP contribution in [-0.2, 0) is 0 Å². The summed E-state index contributed by atoms with van der Waals surface area (Å²) < 4.78 is 0. The fourth-order valence-corrected chi connectivity index (χ4v) is 0.494. The topological polar surface area (TPSA) is 0 Å². The van der Waals surface area contributed by atoms with Crippen molar-refractivity contribution in [1.82, 2.24) is 0 Å². The summed E-state index contributed by atoms with van der Waals surface area (Å²) in [7, 11) is 0. The van der Waals surface area contributed by atoms with E-state index < -0.39 is 4.87 Å². The molecule has 0 fully saturated rings. The van der Waals surface area contributed by atoms with E-state index in [2.05, 4.69) is 0 Å². The van der Waals surface area contributed by atoms with E-state index in [4.69, 9.17) is 34.8 Å². The molecule has 0 bridgehead atoms. The lowest BCUT2D eigenvalue weighted by Crippen LogP contribution is -2.28. The SMILES string of the molecule is CC(Cl)C(C)(Cl)CCl. The van der Waals surface area contributed by atoms with Gasteiger partial charge in [-0.2, -0.15) is 0 Å². The van der Waals surface area contributed by atoms with E-state index in [0.717, 1.165) is 0 Å². The second-order valence-electron chi connectivity index (χ2n) is 2.03. The van der Waals surface area contributed by atoms with E-state index in [1.165, 1.54) is 0 Å². The van der Waals surface area contributed by atoms with Crippen molar-refractivity contribution in [2.45, 2.75) is 24.1 Å². The fraction of sp³-hybridized carbons (Fsp3) is 1.00. The van der Waals surface area contributed by atoms with Crippen molar-refractivity contribution in [1.29, 1.82) is 0 Å². The first-order chi connectivity index (χ1) is 3.50. The van der Waals surface area contributed by atoms with Gasteiger partial charge in [-0.1, -0.05) is 0 Å². The molecule has 0 amide bonds. The first kappa shape index (κ1) is 8.87. The van der Waals surface area contributed by atoms with Crippen LogP contribution in [0.1, 0.15) is 13.8 Å². The second kappa shape index (κ2) is 3.14. The molecule has 0 radical (unpaired) electrons. The van der Waals surface area contributed by atoms with E-state index in [1.807, 2.05) is 13.8 Å². The van der Waals surface area contributed by atoms with Crippen molar-refractivity contribution in [2.75, 3.05) is 5.88 Å². The maximum Gasteiger partial charge on any atom is 0.0713 e. The maximum atomic E-state index is 5.79. The van der Waals surface area contributed by atoms with Gasteiger partial charge in [-0.15, -0.1) is 34.8 Å². The van der Waals surface area contributed by atoms with Crippen molar-refractivity contribution in [3.63, 3.8) is 0 Å². The molecule has 8 heavy (non-hydrogen) atoms. The lowest BCUT2D eigenvalue weighted by atomic mass is 10.1. The molecule has 0 aromatic heterocycles. The van der Waals surface area contributed by atoms with Crippen LogP contribution < -0.4 is 0 Å². The third kappa shape index (κ3) is 2.43. The van der Waals surface area contributed by atoms with Crippen LogP contribution in [0.3, 0.4) is 0 Å².